The lowest BCUT2D eigenvalue weighted by atomic mass is 9.77. The molecule has 192 valence electrons. The highest BCUT2D eigenvalue weighted by atomic mass is 19.1. The van der Waals surface area contributed by atoms with Crippen LogP contribution in [0.4, 0.5) is 13.2 Å². The molecule has 7 heteroatoms. The SMILES string of the molecule is CCCc1cc(F)c(CC2CCC[C@@H](CC(=O)N3CCCC3)C2)nc1-c1c[nH]c2c(F)cc(F)cc12. The Morgan fingerprint density at radius 2 is 1.83 bits per heavy atom. The van der Waals surface area contributed by atoms with Crippen LogP contribution < -0.4 is 0 Å². The van der Waals surface area contributed by atoms with Gasteiger partial charge in [0.2, 0.25) is 5.91 Å². The first-order valence-electron chi connectivity index (χ1n) is 13.4. The maximum atomic E-state index is 15.3. The van der Waals surface area contributed by atoms with Crippen LogP contribution in [0.1, 0.15) is 69.5 Å². The number of pyridine rings is 1. The van der Waals surface area contributed by atoms with E-state index in [0.717, 1.165) is 69.7 Å². The number of hydrogen-bond acceptors (Lipinski definition) is 2. The van der Waals surface area contributed by atoms with E-state index >= 15 is 4.39 Å². The van der Waals surface area contributed by atoms with Gasteiger partial charge in [0.05, 0.1) is 16.9 Å². The van der Waals surface area contributed by atoms with Gasteiger partial charge in [0.1, 0.15) is 17.5 Å². The molecule has 5 rings (SSSR count). The summed E-state index contributed by atoms with van der Waals surface area (Å²) >= 11 is 0. The number of likely N-dealkylation sites (tertiary alicyclic amines) is 1. The number of rotatable bonds is 7. The smallest absolute Gasteiger partial charge is 0.222 e. The molecule has 3 aromatic rings. The highest BCUT2D eigenvalue weighted by molar-refractivity contribution is 5.95. The Hall–Kier alpha value is -2.83. The molecular weight excluding hydrogens is 463 g/mol. The van der Waals surface area contributed by atoms with Gasteiger partial charge in [0, 0.05) is 42.7 Å². The molecule has 4 nitrogen and oxygen atoms in total. The van der Waals surface area contributed by atoms with E-state index in [4.69, 9.17) is 4.98 Å². The van der Waals surface area contributed by atoms with E-state index in [0.29, 0.717) is 47.5 Å². The minimum absolute atomic E-state index is 0.222. The molecule has 1 aromatic carbocycles. The number of fused-ring (bicyclic) bond motifs is 1. The zero-order chi connectivity index (χ0) is 25.2. The molecule has 3 heterocycles. The van der Waals surface area contributed by atoms with Crippen LogP contribution in [0.5, 0.6) is 0 Å². The number of nitrogens with zero attached hydrogens (tertiary/aromatic N) is 2. The Balaban J connectivity index is 1.39. The Labute approximate surface area is 210 Å². The first-order chi connectivity index (χ1) is 17.4. The maximum absolute atomic E-state index is 15.3. The van der Waals surface area contributed by atoms with Crippen LogP contribution in [-0.4, -0.2) is 33.9 Å². The van der Waals surface area contributed by atoms with Gasteiger partial charge in [-0.15, -0.1) is 0 Å². The Kier molecular flexibility index (Phi) is 7.35. The largest absolute Gasteiger partial charge is 0.358 e. The summed E-state index contributed by atoms with van der Waals surface area (Å²) in [6.45, 7) is 3.76. The predicted octanol–water partition coefficient (Wildman–Crippen LogP) is 6.96. The van der Waals surface area contributed by atoms with Crippen molar-refractivity contribution in [3.63, 3.8) is 0 Å². The van der Waals surface area contributed by atoms with Crippen LogP contribution in [0, 0.1) is 29.3 Å². The van der Waals surface area contributed by atoms with Crippen molar-refractivity contribution in [1.29, 1.82) is 0 Å². The van der Waals surface area contributed by atoms with Crippen molar-refractivity contribution in [2.24, 2.45) is 11.8 Å². The zero-order valence-corrected chi connectivity index (χ0v) is 20.9. The molecule has 2 aromatic heterocycles. The summed E-state index contributed by atoms with van der Waals surface area (Å²) in [6.07, 6.45) is 10.3. The first kappa shape index (κ1) is 24.8. The van der Waals surface area contributed by atoms with Crippen molar-refractivity contribution in [1.82, 2.24) is 14.9 Å². The monoisotopic (exact) mass is 497 g/mol. The van der Waals surface area contributed by atoms with E-state index in [9.17, 15) is 13.6 Å². The average Bonchev–Trinajstić information content (AvgIpc) is 3.52. The lowest BCUT2D eigenvalue weighted by molar-refractivity contribution is -0.131. The number of H-pyrrole nitrogens is 1. The molecule has 1 amide bonds. The van der Waals surface area contributed by atoms with Crippen molar-refractivity contribution < 1.29 is 18.0 Å². The molecule has 1 aliphatic heterocycles. The van der Waals surface area contributed by atoms with Gasteiger partial charge >= 0.3 is 0 Å². The maximum Gasteiger partial charge on any atom is 0.222 e. The summed E-state index contributed by atoms with van der Waals surface area (Å²) < 4.78 is 43.6. The highest BCUT2D eigenvalue weighted by Gasteiger charge is 2.28. The number of benzene rings is 1. The highest BCUT2D eigenvalue weighted by Crippen LogP contribution is 2.36. The number of aromatic amines is 1. The number of nitrogens with one attached hydrogen (secondary N) is 1. The number of carbonyl (C=O) groups is 1. The molecule has 0 spiro atoms. The number of carbonyl (C=O) groups excluding carboxylic acids is 1. The number of aromatic nitrogens is 2. The van der Waals surface area contributed by atoms with Crippen LogP contribution in [-0.2, 0) is 17.6 Å². The fourth-order valence-electron chi connectivity index (χ4n) is 6.14. The molecule has 2 atom stereocenters. The Morgan fingerprint density at radius 1 is 1.06 bits per heavy atom. The van der Waals surface area contributed by atoms with Crippen molar-refractivity contribution in [3.05, 3.63) is 53.1 Å². The van der Waals surface area contributed by atoms with E-state index in [2.05, 4.69) is 4.98 Å². The summed E-state index contributed by atoms with van der Waals surface area (Å²) in [4.78, 5) is 22.3. The zero-order valence-electron chi connectivity index (χ0n) is 20.9. The van der Waals surface area contributed by atoms with Gasteiger partial charge in [-0.05, 0) is 68.1 Å². The predicted molar refractivity (Wildman–Crippen MR) is 135 cm³/mol. The Morgan fingerprint density at radius 3 is 2.61 bits per heavy atom. The summed E-state index contributed by atoms with van der Waals surface area (Å²) in [5, 5.41) is 0.410. The average molecular weight is 498 g/mol. The number of amides is 1. The van der Waals surface area contributed by atoms with Crippen molar-refractivity contribution in [2.75, 3.05) is 13.1 Å². The summed E-state index contributed by atoms with van der Waals surface area (Å²) in [5.74, 6) is -0.787. The fraction of sp³-hybridized carbons (Fsp3) is 0.517. The van der Waals surface area contributed by atoms with Crippen LogP contribution in [0.3, 0.4) is 0 Å². The summed E-state index contributed by atoms with van der Waals surface area (Å²) in [5.41, 5.74) is 2.53. The first-order valence-corrected chi connectivity index (χ1v) is 13.4. The van der Waals surface area contributed by atoms with Gasteiger partial charge in [-0.2, -0.15) is 0 Å². The van der Waals surface area contributed by atoms with Gasteiger partial charge in [-0.3, -0.25) is 4.79 Å². The molecule has 0 radical (unpaired) electrons. The van der Waals surface area contributed by atoms with Crippen molar-refractivity contribution >= 4 is 16.8 Å². The molecule has 2 aliphatic rings. The quantitative estimate of drug-likeness (QED) is 0.384. The number of aryl methyl sites for hydroxylation is 1. The van der Waals surface area contributed by atoms with E-state index < -0.39 is 11.6 Å². The molecule has 0 bridgehead atoms. The molecule has 2 fully saturated rings. The second kappa shape index (κ2) is 10.7. The van der Waals surface area contributed by atoms with Gasteiger partial charge in [-0.25, -0.2) is 18.2 Å². The molecule has 1 saturated heterocycles. The van der Waals surface area contributed by atoms with Crippen LogP contribution in [0.2, 0.25) is 0 Å². The van der Waals surface area contributed by atoms with E-state index in [1.54, 1.807) is 12.3 Å². The second-order valence-corrected chi connectivity index (χ2v) is 10.6. The normalized spacial score (nSPS) is 20.4. The van der Waals surface area contributed by atoms with E-state index in [-0.39, 0.29) is 23.2 Å². The van der Waals surface area contributed by atoms with Crippen LogP contribution in [0.25, 0.3) is 22.2 Å². The van der Waals surface area contributed by atoms with Gasteiger partial charge in [0.15, 0.2) is 0 Å². The number of hydrogen-bond donors (Lipinski definition) is 1. The van der Waals surface area contributed by atoms with Gasteiger partial charge in [-0.1, -0.05) is 26.2 Å². The second-order valence-electron chi connectivity index (χ2n) is 10.6. The molecule has 36 heavy (non-hydrogen) atoms. The van der Waals surface area contributed by atoms with Crippen LogP contribution in [0.15, 0.2) is 24.4 Å². The minimum atomic E-state index is -0.660. The third-order valence-electron chi connectivity index (χ3n) is 7.90. The van der Waals surface area contributed by atoms with E-state index in [1.807, 2.05) is 11.8 Å². The van der Waals surface area contributed by atoms with Gasteiger partial charge < -0.3 is 9.88 Å². The molecule has 1 N–H and O–H groups in total. The van der Waals surface area contributed by atoms with Gasteiger partial charge in [0.25, 0.3) is 0 Å². The lowest BCUT2D eigenvalue weighted by Gasteiger charge is -2.30. The van der Waals surface area contributed by atoms with E-state index in [1.165, 1.54) is 6.07 Å². The topological polar surface area (TPSA) is 49.0 Å². The van der Waals surface area contributed by atoms with Crippen LogP contribution >= 0.6 is 0 Å². The summed E-state index contributed by atoms with van der Waals surface area (Å²) in [7, 11) is 0. The number of halogens is 3. The molecular formula is C29H34F3N3O. The molecule has 1 saturated carbocycles. The minimum Gasteiger partial charge on any atom is -0.358 e. The fourth-order valence-corrected chi connectivity index (χ4v) is 6.14. The van der Waals surface area contributed by atoms with Crippen molar-refractivity contribution in [3.8, 4) is 11.3 Å². The third-order valence-corrected chi connectivity index (χ3v) is 7.90. The Bertz CT molecular complexity index is 1250. The molecule has 1 aliphatic carbocycles. The van der Waals surface area contributed by atoms with Crippen molar-refractivity contribution in [2.45, 2.75) is 71.1 Å². The summed E-state index contributed by atoms with van der Waals surface area (Å²) in [6, 6.07) is 3.70. The lowest BCUT2D eigenvalue weighted by Crippen LogP contribution is -2.31. The standard InChI is InChI=1S/C29H34F3N3O/c1-2-6-20-14-24(31)26(34-28(20)23-17-33-29-22(23)15-21(30)16-25(29)32)12-18-7-5-8-19(11-18)13-27(36)35-9-3-4-10-35/h14-19,33H,2-13H2,1H3/t18?,19-/m1/s1. The third kappa shape index (κ3) is 5.16. The molecule has 1 unspecified atom stereocenters.